The third-order valence-electron chi connectivity index (χ3n) is 5.70. The van der Waals surface area contributed by atoms with Crippen molar-refractivity contribution in [1.82, 2.24) is 4.57 Å². The van der Waals surface area contributed by atoms with E-state index in [9.17, 15) is 9.59 Å². The Labute approximate surface area is 183 Å². The molecule has 0 aliphatic carbocycles. The molecular weight excluding hydrogens is 450 g/mol. The lowest BCUT2D eigenvalue weighted by Gasteiger charge is -2.14. The highest BCUT2D eigenvalue weighted by Gasteiger charge is 2.24. The van der Waals surface area contributed by atoms with Crippen molar-refractivity contribution in [1.29, 1.82) is 0 Å². The maximum atomic E-state index is 12.7. The molecule has 2 aromatic heterocycles. The summed E-state index contributed by atoms with van der Waals surface area (Å²) < 4.78 is 19.7. The van der Waals surface area contributed by atoms with Crippen LogP contribution in [0.3, 0.4) is 0 Å². The number of Topliss-reactive ketones (excluding diaryl/α,β-unsaturated/α-hetero) is 1. The Morgan fingerprint density at radius 2 is 2.03 bits per heavy atom. The van der Waals surface area contributed by atoms with Crippen molar-refractivity contribution in [3.8, 4) is 0 Å². The molecule has 1 fully saturated rings. The van der Waals surface area contributed by atoms with Gasteiger partial charge in [-0.25, -0.2) is 4.79 Å². The Morgan fingerprint density at radius 3 is 2.77 bits per heavy atom. The average Bonchev–Trinajstić information content (AvgIpc) is 3.42. The van der Waals surface area contributed by atoms with E-state index in [0.29, 0.717) is 16.7 Å². The van der Waals surface area contributed by atoms with Crippen molar-refractivity contribution in [3.63, 3.8) is 0 Å². The maximum absolute atomic E-state index is 12.7. The van der Waals surface area contributed by atoms with Gasteiger partial charge in [-0.15, -0.1) is 0 Å². The number of benzene rings is 1. The number of ether oxygens (including phenoxy) is 2. The van der Waals surface area contributed by atoms with Gasteiger partial charge < -0.3 is 18.5 Å². The minimum absolute atomic E-state index is 0.125. The van der Waals surface area contributed by atoms with Crippen LogP contribution in [0.5, 0.6) is 0 Å². The van der Waals surface area contributed by atoms with Crippen LogP contribution in [0.4, 0.5) is 0 Å². The van der Waals surface area contributed by atoms with Crippen molar-refractivity contribution < 1.29 is 23.5 Å². The fraction of sp³-hybridized carbons (Fsp3) is 0.391. The molecule has 6 nitrogen and oxygen atoms in total. The van der Waals surface area contributed by atoms with E-state index in [2.05, 4.69) is 20.5 Å². The summed E-state index contributed by atoms with van der Waals surface area (Å²) in [5.74, 6) is -0.743. The molecule has 1 saturated heterocycles. The normalized spacial score (nSPS) is 16.3. The Morgan fingerprint density at radius 1 is 1.23 bits per heavy atom. The Hall–Kier alpha value is -2.38. The van der Waals surface area contributed by atoms with Gasteiger partial charge in [-0.05, 0) is 57.9 Å². The number of esters is 1. The molecule has 4 rings (SSSR count). The molecule has 158 valence electrons. The molecule has 0 N–H and O–H groups in total. The molecule has 0 radical (unpaired) electrons. The van der Waals surface area contributed by atoms with E-state index in [1.165, 1.54) is 0 Å². The van der Waals surface area contributed by atoms with Crippen molar-refractivity contribution >= 4 is 38.7 Å². The average molecular weight is 474 g/mol. The molecule has 1 aromatic carbocycles. The van der Waals surface area contributed by atoms with Crippen LogP contribution in [0.25, 0.3) is 11.0 Å². The highest BCUT2D eigenvalue weighted by Crippen LogP contribution is 2.28. The first kappa shape index (κ1) is 20.9. The van der Waals surface area contributed by atoms with Gasteiger partial charge in [0, 0.05) is 45.5 Å². The fourth-order valence-corrected chi connectivity index (χ4v) is 4.38. The molecule has 1 atom stereocenters. The van der Waals surface area contributed by atoms with Gasteiger partial charge in [0.25, 0.3) is 0 Å². The van der Waals surface area contributed by atoms with Crippen LogP contribution in [-0.2, 0) is 16.0 Å². The van der Waals surface area contributed by atoms with Gasteiger partial charge in [0.05, 0.1) is 6.10 Å². The van der Waals surface area contributed by atoms with Crippen LogP contribution in [-0.4, -0.2) is 35.6 Å². The van der Waals surface area contributed by atoms with Crippen LogP contribution in [0.1, 0.15) is 50.7 Å². The number of aromatic nitrogens is 1. The first-order chi connectivity index (χ1) is 14.3. The van der Waals surface area contributed by atoms with E-state index in [1.54, 1.807) is 13.0 Å². The van der Waals surface area contributed by atoms with Crippen molar-refractivity contribution in [2.75, 3.05) is 13.2 Å². The Kier molecular flexibility index (Phi) is 5.84. The standard InChI is InChI=1S/C23H24BrNO5/c1-13-9-19(15(3)25(13)11-17-5-4-8-28-17)20(26)12-29-23(27)22-14(2)18-10-16(24)6-7-21(18)30-22/h6-7,9-10,17H,4-5,8,11-12H2,1-3H3. The number of furan rings is 1. The zero-order chi connectivity index (χ0) is 21.4. The summed E-state index contributed by atoms with van der Waals surface area (Å²) >= 11 is 3.42. The lowest BCUT2D eigenvalue weighted by molar-refractivity contribution is 0.0445. The minimum atomic E-state index is -0.638. The third kappa shape index (κ3) is 3.96. The Bertz CT molecular complexity index is 1120. The summed E-state index contributed by atoms with van der Waals surface area (Å²) in [6.45, 7) is 6.89. The maximum Gasteiger partial charge on any atom is 0.375 e. The van der Waals surface area contributed by atoms with E-state index in [0.717, 1.165) is 47.2 Å². The fourth-order valence-electron chi connectivity index (χ4n) is 4.02. The first-order valence-corrected chi connectivity index (χ1v) is 10.8. The number of fused-ring (bicyclic) bond motifs is 1. The van der Waals surface area contributed by atoms with Gasteiger partial charge in [-0.1, -0.05) is 15.9 Å². The largest absolute Gasteiger partial charge is 0.451 e. The number of carbonyl (C=O) groups excluding carboxylic acids is 2. The highest BCUT2D eigenvalue weighted by atomic mass is 79.9. The van der Waals surface area contributed by atoms with Crippen molar-refractivity contribution in [3.05, 3.63) is 57.0 Å². The number of hydrogen-bond acceptors (Lipinski definition) is 5. The smallest absolute Gasteiger partial charge is 0.375 e. The molecule has 1 aliphatic heterocycles. The summed E-state index contributed by atoms with van der Waals surface area (Å²) in [5.41, 5.74) is 3.74. The zero-order valence-corrected chi connectivity index (χ0v) is 18.9. The zero-order valence-electron chi connectivity index (χ0n) is 17.3. The summed E-state index contributed by atoms with van der Waals surface area (Å²) in [6, 6.07) is 7.37. The van der Waals surface area contributed by atoms with E-state index >= 15 is 0 Å². The Balaban J connectivity index is 1.46. The second-order valence-corrected chi connectivity index (χ2v) is 8.64. The number of hydrogen-bond donors (Lipinski definition) is 0. The van der Waals surface area contributed by atoms with Gasteiger partial charge in [-0.2, -0.15) is 0 Å². The third-order valence-corrected chi connectivity index (χ3v) is 6.20. The van der Waals surface area contributed by atoms with Crippen LogP contribution in [0.2, 0.25) is 0 Å². The predicted octanol–water partition coefficient (Wildman–Crippen LogP) is 5.14. The molecule has 3 heterocycles. The molecule has 7 heteroatoms. The first-order valence-electron chi connectivity index (χ1n) is 10.0. The number of halogens is 1. The van der Waals surface area contributed by atoms with Crippen molar-refractivity contribution in [2.24, 2.45) is 0 Å². The van der Waals surface area contributed by atoms with Gasteiger partial charge in [0.2, 0.25) is 11.5 Å². The lowest BCUT2D eigenvalue weighted by atomic mass is 10.1. The van der Waals surface area contributed by atoms with E-state index in [-0.39, 0.29) is 24.3 Å². The molecule has 30 heavy (non-hydrogen) atoms. The SMILES string of the molecule is Cc1c(C(=O)OCC(=O)c2cc(C)n(CC3CCCO3)c2C)oc2ccc(Br)cc12. The van der Waals surface area contributed by atoms with E-state index in [1.807, 2.05) is 32.0 Å². The second kappa shape index (κ2) is 8.40. The van der Waals surface area contributed by atoms with Crippen LogP contribution >= 0.6 is 15.9 Å². The van der Waals surface area contributed by atoms with Gasteiger partial charge >= 0.3 is 5.97 Å². The predicted molar refractivity (Wildman–Crippen MR) is 116 cm³/mol. The molecule has 1 aliphatic rings. The summed E-state index contributed by atoms with van der Waals surface area (Å²) in [4.78, 5) is 25.3. The number of nitrogens with zero attached hydrogens (tertiary/aromatic N) is 1. The van der Waals surface area contributed by atoms with Crippen LogP contribution < -0.4 is 0 Å². The monoisotopic (exact) mass is 473 g/mol. The molecule has 1 unspecified atom stereocenters. The number of aryl methyl sites for hydroxylation is 2. The summed E-state index contributed by atoms with van der Waals surface area (Å²) in [5, 5.41) is 0.834. The molecule has 0 spiro atoms. The number of rotatable bonds is 6. The quantitative estimate of drug-likeness (QED) is 0.366. The molecular formula is C23H24BrNO5. The summed E-state index contributed by atoms with van der Waals surface area (Å²) in [6.07, 6.45) is 2.29. The van der Waals surface area contributed by atoms with Gasteiger partial charge in [0.15, 0.2) is 6.61 Å². The lowest BCUT2D eigenvalue weighted by Crippen LogP contribution is -2.18. The van der Waals surface area contributed by atoms with E-state index in [4.69, 9.17) is 13.9 Å². The second-order valence-electron chi connectivity index (χ2n) is 7.73. The summed E-state index contributed by atoms with van der Waals surface area (Å²) in [7, 11) is 0. The van der Waals surface area contributed by atoms with Crippen LogP contribution in [0, 0.1) is 20.8 Å². The minimum Gasteiger partial charge on any atom is -0.451 e. The van der Waals surface area contributed by atoms with Gasteiger partial charge in [-0.3, -0.25) is 4.79 Å². The van der Waals surface area contributed by atoms with Crippen molar-refractivity contribution in [2.45, 2.75) is 46.3 Å². The number of carbonyl (C=O) groups is 2. The molecule has 0 bridgehead atoms. The molecule has 0 amide bonds. The highest BCUT2D eigenvalue weighted by molar-refractivity contribution is 9.10. The topological polar surface area (TPSA) is 70.7 Å². The van der Waals surface area contributed by atoms with Gasteiger partial charge in [0.1, 0.15) is 5.58 Å². The van der Waals surface area contributed by atoms with Crippen LogP contribution in [0.15, 0.2) is 33.2 Å². The van der Waals surface area contributed by atoms with E-state index < -0.39 is 5.97 Å². The molecule has 0 saturated carbocycles. The number of ketones is 1. The molecule has 3 aromatic rings.